The summed E-state index contributed by atoms with van der Waals surface area (Å²) in [6, 6.07) is 13.5. The van der Waals surface area contributed by atoms with E-state index in [-0.39, 0.29) is 19.1 Å². The molecule has 3 heterocycles. The largest absolute Gasteiger partial charge is 0.467 e. The van der Waals surface area contributed by atoms with E-state index in [4.69, 9.17) is 18.9 Å². The molecule has 0 N–H and O–H groups in total. The van der Waals surface area contributed by atoms with Crippen LogP contribution in [0.1, 0.15) is 22.5 Å². The van der Waals surface area contributed by atoms with E-state index in [0.717, 1.165) is 15.8 Å². The van der Waals surface area contributed by atoms with Crippen molar-refractivity contribution in [1.82, 2.24) is 4.98 Å². The maximum Gasteiger partial charge on any atom is 0.233 e. The second-order valence-electron chi connectivity index (χ2n) is 7.32. The molecule has 0 atom stereocenters. The van der Waals surface area contributed by atoms with Gasteiger partial charge in [0, 0.05) is 0 Å². The van der Waals surface area contributed by atoms with E-state index in [2.05, 4.69) is 26.0 Å². The first-order chi connectivity index (χ1) is 14.6. The van der Waals surface area contributed by atoms with E-state index in [9.17, 15) is 4.79 Å². The van der Waals surface area contributed by atoms with Crippen molar-refractivity contribution in [3.8, 4) is 11.5 Å². The van der Waals surface area contributed by atoms with Crippen LogP contribution in [0.25, 0.3) is 10.2 Å². The molecule has 0 aliphatic carbocycles. The van der Waals surface area contributed by atoms with Gasteiger partial charge >= 0.3 is 0 Å². The molecule has 4 aromatic rings. The van der Waals surface area contributed by atoms with Crippen molar-refractivity contribution in [3.05, 3.63) is 71.2 Å². The fourth-order valence-electron chi connectivity index (χ4n) is 3.43. The molecule has 0 unspecified atom stereocenters. The number of furan rings is 1. The average molecular weight is 420 g/mol. The average Bonchev–Trinajstić information content (AvgIpc) is 3.46. The number of hydrogen-bond donors (Lipinski definition) is 0. The maximum absolute atomic E-state index is 13.3. The first-order valence-electron chi connectivity index (χ1n) is 9.66. The maximum atomic E-state index is 13.3. The van der Waals surface area contributed by atoms with E-state index in [0.29, 0.717) is 28.9 Å². The smallest absolute Gasteiger partial charge is 0.233 e. The molecule has 152 valence electrons. The number of aryl methyl sites for hydroxylation is 2. The molecule has 2 aromatic heterocycles. The van der Waals surface area contributed by atoms with Crippen molar-refractivity contribution >= 4 is 32.6 Å². The number of aromatic nitrogens is 1. The Bertz CT molecular complexity index is 1190. The van der Waals surface area contributed by atoms with Crippen LogP contribution in [-0.4, -0.2) is 17.7 Å². The minimum atomic E-state index is -0.0576. The lowest BCUT2D eigenvalue weighted by Gasteiger charge is -2.19. The van der Waals surface area contributed by atoms with Gasteiger partial charge in [-0.25, -0.2) is 4.98 Å². The molecular weight excluding hydrogens is 400 g/mol. The first kappa shape index (κ1) is 18.7. The molecule has 1 amide bonds. The molecule has 2 aromatic carbocycles. The normalized spacial score (nSPS) is 12.5. The number of hydrogen-bond acceptors (Lipinski definition) is 6. The van der Waals surface area contributed by atoms with Crippen molar-refractivity contribution in [2.75, 3.05) is 11.7 Å². The van der Waals surface area contributed by atoms with Gasteiger partial charge in [-0.15, -0.1) is 0 Å². The molecule has 5 rings (SSSR count). The standard InChI is InChI=1S/C23H20N2O4S/c1-14-8-18-21(9-15(14)2)30-23(24-18)25(12-17-4-3-7-27-17)22(26)11-16-5-6-19-20(10-16)29-13-28-19/h3-10H,11-13H2,1-2H3. The number of fused-ring (bicyclic) bond motifs is 2. The summed E-state index contributed by atoms with van der Waals surface area (Å²) in [6.45, 7) is 4.69. The van der Waals surface area contributed by atoms with Crippen LogP contribution in [0.4, 0.5) is 5.13 Å². The van der Waals surface area contributed by atoms with Gasteiger partial charge in [-0.3, -0.25) is 9.69 Å². The molecule has 0 saturated heterocycles. The zero-order valence-electron chi connectivity index (χ0n) is 16.7. The minimum absolute atomic E-state index is 0.0576. The minimum Gasteiger partial charge on any atom is -0.467 e. The fraction of sp³-hybridized carbons (Fsp3) is 0.217. The highest BCUT2D eigenvalue weighted by molar-refractivity contribution is 7.22. The summed E-state index contributed by atoms with van der Waals surface area (Å²) in [5, 5.41) is 0.664. The Balaban J connectivity index is 1.47. The van der Waals surface area contributed by atoms with E-state index in [1.807, 2.05) is 30.3 Å². The third kappa shape index (κ3) is 3.52. The molecule has 0 saturated carbocycles. The molecule has 0 bridgehead atoms. The Labute approximate surface area is 177 Å². The van der Waals surface area contributed by atoms with Gasteiger partial charge < -0.3 is 13.9 Å². The molecule has 0 fully saturated rings. The molecule has 7 heteroatoms. The molecule has 0 spiro atoms. The van der Waals surface area contributed by atoms with Crippen molar-refractivity contribution in [2.45, 2.75) is 26.8 Å². The number of thiazole rings is 1. The van der Waals surface area contributed by atoms with Gasteiger partial charge in [-0.2, -0.15) is 0 Å². The van der Waals surface area contributed by atoms with Gasteiger partial charge in [-0.1, -0.05) is 17.4 Å². The van der Waals surface area contributed by atoms with Gasteiger partial charge in [0.25, 0.3) is 0 Å². The van der Waals surface area contributed by atoms with Crippen molar-refractivity contribution in [3.63, 3.8) is 0 Å². The second-order valence-corrected chi connectivity index (χ2v) is 8.33. The van der Waals surface area contributed by atoms with Gasteiger partial charge in [0.15, 0.2) is 16.6 Å². The zero-order chi connectivity index (χ0) is 20.7. The highest BCUT2D eigenvalue weighted by Crippen LogP contribution is 2.34. The molecule has 1 aliphatic rings. The Morgan fingerprint density at radius 1 is 1.10 bits per heavy atom. The summed E-state index contributed by atoms with van der Waals surface area (Å²) in [6.07, 6.45) is 1.84. The number of anilines is 1. The van der Waals surface area contributed by atoms with Crippen LogP contribution in [0.3, 0.4) is 0 Å². The van der Waals surface area contributed by atoms with Crippen LogP contribution in [0.5, 0.6) is 11.5 Å². The summed E-state index contributed by atoms with van der Waals surface area (Å²) in [5.41, 5.74) is 4.16. The quantitative estimate of drug-likeness (QED) is 0.454. The van der Waals surface area contributed by atoms with E-state index in [1.54, 1.807) is 11.2 Å². The Kier molecular flexibility index (Phi) is 4.67. The number of carbonyl (C=O) groups excluding carboxylic acids is 1. The van der Waals surface area contributed by atoms with E-state index >= 15 is 0 Å². The monoisotopic (exact) mass is 420 g/mol. The van der Waals surface area contributed by atoms with Gasteiger partial charge in [-0.05, 0) is 66.9 Å². The lowest BCUT2D eigenvalue weighted by atomic mass is 10.1. The third-order valence-electron chi connectivity index (χ3n) is 5.21. The topological polar surface area (TPSA) is 64.8 Å². The van der Waals surface area contributed by atoms with Gasteiger partial charge in [0.1, 0.15) is 5.76 Å². The molecule has 30 heavy (non-hydrogen) atoms. The summed E-state index contributed by atoms with van der Waals surface area (Å²) in [7, 11) is 0. The predicted molar refractivity (Wildman–Crippen MR) is 115 cm³/mol. The number of carbonyl (C=O) groups is 1. The fourth-order valence-corrected chi connectivity index (χ4v) is 4.49. The molecule has 0 radical (unpaired) electrons. The van der Waals surface area contributed by atoms with Crippen LogP contribution in [0.15, 0.2) is 53.1 Å². The second kappa shape index (κ2) is 7.50. The SMILES string of the molecule is Cc1cc2nc(N(Cc3ccco3)C(=O)Cc3ccc4c(c3)OCO4)sc2cc1C. The van der Waals surface area contributed by atoms with Crippen LogP contribution in [0, 0.1) is 13.8 Å². The van der Waals surface area contributed by atoms with Crippen LogP contribution in [0.2, 0.25) is 0 Å². The summed E-state index contributed by atoms with van der Waals surface area (Å²) < 4.78 is 17.4. The zero-order valence-corrected chi connectivity index (χ0v) is 17.5. The Morgan fingerprint density at radius 3 is 2.77 bits per heavy atom. The molecule has 6 nitrogen and oxygen atoms in total. The molecule has 1 aliphatic heterocycles. The summed E-state index contributed by atoms with van der Waals surface area (Å²) in [5.74, 6) is 2.03. The summed E-state index contributed by atoms with van der Waals surface area (Å²) >= 11 is 1.52. The van der Waals surface area contributed by atoms with Crippen molar-refractivity contribution < 1.29 is 18.7 Å². The molecular formula is C23H20N2O4S. The van der Waals surface area contributed by atoms with Gasteiger partial charge in [0.05, 0.1) is 29.4 Å². The highest BCUT2D eigenvalue weighted by Gasteiger charge is 2.23. The Hall–Kier alpha value is -3.32. The highest BCUT2D eigenvalue weighted by atomic mass is 32.1. The lowest BCUT2D eigenvalue weighted by molar-refractivity contribution is -0.118. The number of nitrogens with zero attached hydrogens (tertiary/aromatic N) is 2. The van der Waals surface area contributed by atoms with Crippen molar-refractivity contribution in [1.29, 1.82) is 0 Å². The van der Waals surface area contributed by atoms with Crippen LogP contribution in [-0.2, 0) is 17.8 Å². The van der Waals surface area contributed by atoms with Crippen LogP contribution < -0.4 is 14.4 Å². The van der Waals surface area contributed by atoms with Gasteiger partial charge in [0.2, 0.25) is 12.7 Å². The summed E-state index contributed by atoms with van der Waals surface area (Å²) in [4.78, 5) is 19.8. The van der Waals surface area contributed by atoms with E-state index in [1.165, 1.54) is 22.5 Å². The van der Waals surface area contributed by atoms with E-state index < -0.39 is 0 Å². The number of benzene rings is 2. The third-order valence-corrected chi connectivity index (χ3v) is 6.25. The lowest BCUT2D eigenvalue weighted by Crippen LogP contribution is -2.31. The predicted octanol–water partition coefficient (Wildman–Crippen LogP) is 5.01. The van der Waals surface area contributed by atoms with Crippen LogP contribution >= 0.6 is 11.3 Å². The Morgan fingerprint density at radius 2 is 1.93 bits per heavy atom. The first-order valence-corrected chi connectivity index (χ1v) is 10.5. The van der Waals surface area contributed by atoms with Crippen molar-refractivity contribution in [2.24, 2.45) is 0 Å². The number of rotatable bonds is 5. The number of ether oxygens (including phenoxy) is 2. The number of amides is 1.